The molecule has 0 aliphatic rings. The van der Waals surface area contributed by atoms with E-state index in [0.29, 0.717) is 6.61 Å². The Morgan fingerprint density at radius 3 is 2.82 bits per heavy atom. The summed E-state index contributed by atoms with van der Waals surface area (Å²) in [5, 5.41) is 3.30. The zero-order valence-electron chi connectivity index (χ0n) is 6.54. The minimum absolute atomic E-state index is 0.107. The molecule has 0 atom stereocenters. The lowest BCUT2D eigenvalue weighted by Gasteiger charge is -1.99. The smallest absolute Gasteiger partial charge is 0.211 e. The average Bonchev–Trinajstić information content (AvgIpc) is 1.96. The molecular formula is C5H14N4O2. The molecule has 6 heteroatoms. The number of hydrogen-bond acceptors (Lipinski definition) is 4. The Balaban J connectivity index is 2.97. The van der Waals surface area contributed by atoms with E-state index < -0.39 is 0 Å². The van der Waals surface area contributed by atoms with E-state index in [9.17, 15) is 0 Å². The first-order valence-electron chi connectivity index (χ1n) is 3.39. The molecule has 0 aromatic heterocycles. The third kappa shape index (κ3) is 8.99. The van der Waals surface area contributed by atoms with Gasteiger partial charge in [-0.3, -0.25) is 0 Å². The summed E-state index contributed by atoms with van der Waals surface area (Å²) in [7, 11) is 0. The molecule has 5 N–H and O–H groups in total. The standard InChI is InChI=1S/C5H14N4O2/c1-2-3-4-10-11-9-8-5(6)7/h9H,2-4H2,1H3,(H4,6,7,8). The van der Waals surface area contributed by atoms with Gasteiger partial charge in [0.25, 0.3) is 0 Å². The largest absolute Gasteiger partial charge is 0.369 e. The van der Waals surface area contributed by atoms with Gasteiger partial charge in [-0.2, -0.15) is 0 Å². The number of nitrogens with two attached hydrogens (primary N) is 2. The van der Waals surface area contributed by atoms with E-state index in [4.69, 9.17) is 11.5 Å². The van der Waals surface area contributed by atoms with Gasteiger partial charge in [-0.1, -0.05) is 18.3 Å². The van der Waals surface area contributed by atoms with E-state index in [1.807, 2.05) is 6.92 Å². The van der Waals surface area contributed by atoms with Gasteiger partial charge in [0.1, 0.15) is 0 Å². The maximum absolute atomic E-state index is 4.96. The van der Waals surface area contributed by atoms with Crippen molar-refractivity contribution >= 4 is 5.96 Å². The van der Waals surface area contributed by atoms with E-state index in [1.54, 1.807) is 0 Å². The van der Waals surface area contributed by atoms with E-state index in [-0.39, 0.29) is 5.96 Å². The summed E-state index contributed by atoms with van der Waals surface area (Å²) in [6, 6.07) is 0. The Hall–Kier alpha value is -1.01. The van der Waals surface area contributed by atoms with Crippen LogP contribution >= 0.6 is 0 Å². The predicted octanol–water partition coefficient (Wildman–Crippen LogP) is -0.572. The summed E-state index contributed by atoms with van der Waals surface area (Å²) >= 11 is 0. The van der Waals surface area contributed by atoms with Crippen molar-refractivity contribution in [2.45, 2.75) is 19.8 Å². The Kier molecular flexibility index (Phi) is 6.45. The Morgan fingerprint density at radius 2 is 2.27 bits per heavy atom. The molecule has 0 rings (SSSR count). The monoisotopic (exact) mass is 162 g/mol. The quantitative estimate of drug-likeness (QED) is 0.160. The number of hydrogen-bond donors (Lipinski definition) is 3. The Labute approximate surface area is 65.4 Å². The van der Waals surface area contributed by atoms with Crippen molar-refractivity contribution in [1.29, 1.82) is 0 Å². The van der Waals surface area contributed by atoms with E-state index in [1.165, 1.54) is 0 Å². The van der Waals surface area contributed by atoms with E-state index >= 15 is 0 Å². The second-order valence-corrected chi connectivity index (χ2v) is 1.89. The van der Waals surface area contributed by atoms with Gasteiger partial charge < -0.3 is 11.5 Å². The molecule has 11 heavy (non-hydrogen) atoms. The molecule has 0 aromatic rings. The number of nitrogens with zero attached hydrogens (tertiary/aromatic N) is 1. The van der Waals surface area contributed by atoms with Gasteiger partial charge in [0, 0.05) is 0 Å². The second-order valence-electron chi connectivity index (χ2n) is 1.89. The molecule has 0 heterocycles. The average molecular weight is 162 g/mol. The van der Waals surface area contributed by atoms with Crippen molar-refractivity contribution in [2.75, 3.05) is 6.61 Å². The topological polar surface area (TPSA) is 94.9 Å². The van der Waals surface area contributed by atoms with Crippen LogP contribution in [0, 0.1) is 0 Å². The molecule has 0 bridgehead atoms. The highest BCUT2D eigenvalue weighted by Gasteiger charge is 1.85. The highest BCUT2D eigenvalue weighted by molar-refractivity contribution is 5.75. The van der Waals surface area contributed by atoms with Crippen LogP contribution in [-0.2, 0) is 9.88 Å². The molecule has 0 saturated carbocycles. The first kappa shape index (κ1) is 9.99. The summed E-state index contributed by atoms with van der Waals surface area (Å²) in [4.78, 5) is 8.94. The van der Waals surface area contributed by atoms with Crippen molar-refractivity contribution in [3.8, 4) is 0 Å². The molecule has 6 nitrogen and oxygen atoms in total. The van der Waals surface area contributed by atoms with Gasteiger partial charge in [-0.05, 0) is 6.42 Å². The van der Waals surface area contributed by atoms with Crippen LogP contribution < -0.4 is 17.1 Å². The van der Waals surface area contributed by atoms with Crippen molar-refractivity contribution in [3.05, 3.63) is 0 Å². The first-order chi connectivity index (χ1) is 5.27. The summed E-state index contributed by atoms with van der Waals surface area (Å²) in [5.74, 6) is -0.107. The number of unbranched alkanes of at least 4 members (excludes halogenated alkanes) is 1. The predicted molar refractivity (Wildman–Crippen MR) is 40.9 cm³/mol. The van der Waals surface area contributed by atoms with Gasteiger partial charge in [-0.15, -0.1) is 10.7 Å². The van der Waals surface area contributed by atoms with E-state index in [2.05, 4.69) is 20.6 Å². The summed E-state index contributed by atoms with van der Waals surface area (Å²) in [6.07, 6.45) is 1.98. The van der Waals surface area contributed by atoms with Crippen LogP contribution in [-0.4, -0.2) is 12.6 Å². The van der Waals surface area contributed by atoms with Crippen LogP contribution in [0.4, 0.5) is 0 Å². The Morgan fingerprint density at radius 1 is 1.55 bits per heavy atom. The SMILES string of the molecule is CCCCOONN=C(N)N. The highest BCUT2D eigenvalue weighted by Crippen LogP contribution is 1.86. The van der Waals surface area contributed by atoms with Crippen molar-refractivity contribution in [2.24, 2.45) is 16.6 Å². The van der Waals surface area contributed by atoms with Gasteiger partial charge in [0.15, 0.2) is 0 Å². The fraction of sp³-hybridized carbons (Fsp3) is 0.800. The molecule has 0 aliphatic heterocycles. The van der Waals surface area contributed by atoms with Crippen LogP contribution in [0.5, 0.6) is 0 Å². The number of nitrogens with one attached hydrogen (secondary N) is 1. The van der Waals surface area contributed by atoms with Gasteiger partial charge in [0.05, 0.1) is 6.61 Å². The molecule has 0 unspecified atom stereocenters. The molecule has 0 fully saturated rings. The zero-order chi connectivity index (χ0) is 8.53. The molecule has 0 aliphatic carbocycles. The lowest BCUT2D eigenvalue weighted by atomic mass is 10.4. The summed E-state index contributed by atoms with van der Waals surface area (Å²) in [5.41, 5.74) is 12.0. The van der Waals surface area contributed by atoms with Gasteiger partial charge >= 0.3 is 0 Å². The first-order valence-corrected chi connectivity index (χ1v) is 3.39. The molecule has 0 spiro atoms. The Bertz CT molecular complexity index is 113. The van der Waals surface area contributed by atoms with E-state index in [0.717, 1.165) is 12.8 Å². The van der Waals surface area contributed by atoms with Crippen LogP contribution in [0.1, 0.15) is 19.8 Å². The highest BCUT2D eigenvalue weighted by atomic mass is 17.3. The fourth-order valence-corrected chi connectivity index (χ4v) is 0.343. The normalized spacial score (nSPS) is 9.18. The third-order valence-corrected chi connectivity index (χ3v) is 0.852. The summed E-state index contributed by atoms with van der Waals surface area (Å²) < 4.78 is 0. The molecular weight excluding hydrogens is 148 g/mol. The maximum atomic E-state index is 4.96. The van der Waals surface area contributed by atoms with Crippen molar-refractivity contribution in [1.82, 2.24) is 5.59 Å². The lowest BCUT2D eigenvalue weighted by molar-refractivity contribution is -0.336. The second kappa shape index (κ2) is 7.10. The number of guanidine groups is 1. The molecule has 66 valence electrons. The van der Waals surface area contributed by atoms with Crippen LogP contribution in [0.3, 0.4) is 0 Å². The van der Waals surface area contributed by atoms with Crippen molar-refractivity contribution < 1.29 is 9.88 Å². The number of hydrazone groups is 1. The molecule has 0 aromatic carbocycles. The maximum Gasteiger partial charge on any atom is 0.211 e. The minimum Gasteiger partial charge on any atom is -0.369 e. The minimum atomic E-state index is -0.107. The zero-order valence-corrected chi connectivity index (χ0v) is 6.54. The molecule has 0 radical (unpaired) electrons. The van der Waals surface area contributed by atoms with Crippen LogP contribution in [0.2, 0.25) is 0 Å². The summed E-state index contributed by atoms with van der Waals surface area (Å²) in [6.45, 7) is 2.57. The van der Waals surface area contributed by atoms with Crippen LogP contribution in [0.25, 0.3) is 0 Å². The van der Waals surface area contributed by atoms with Gasteiger partial charge in [0.2, 0.25) is 5.96 Å². The van der Waals surface area contributed by atoms with Crippen LogP contribution in [0.15, 0.2) is 5.10 Å². The lowest BCUT2D eigenvalue weighted by Crippen LogP contribution is -2.26. The third-order valence-electron chi connectivity index (χ3n) is 0.852. The fourth-order valence-electron chi connectivity index (χ4n) is 0.343. The number of rotatable bonds is 6. The molecule has 0 amide bonds. The molecule has 0 saturated heterocycles. The van der Waals surface area contributed by atoms with Crippen molar-refractivity contribution in [3.63, 3.8) is 0 Å². The van der Waals surface area contributed by atoms with Gasteiger partial charge in [-0.25, -0.2) is 4.89 Å².